The molecule has 0 spiro atoms. The van der Waals surface area contributed by atoms with E-state index >= 15 is 0 Å². The maximum absolute atomic E-state index is 13.1. The summed E-state index contributed by atoms with van der Waals surface area (Å²) in [5.74, 6) is -5.42. The molecule has 208 valence electrons. The van der Waals surface area contributed by atoms with E-state index < -0.39 is 60.2 Å². The van der Waals surface area contributed by atoms with Crippen molar-refractivity contribution in [3.63, 3.8) is 0 Å². The van der Waals surface area contributed by atoms with E-state index in [4.69, 9.17) is 10.8 Å². The molecule has 3 aromatic rings. The zero-order valence-corrected chi connectivity index (χ0v) is 21.5. The molecule has 0 saturated carbocycles. The number of hydrogen-bond donors (Lipinski definition) is 9. The number of hydrogen-bond acceptors (Lipinski definition) is 8. The summed E-state index contributed by atoms with van der Waals surface area (Å²) in [6, 6.07) is 2.01. The van der Waals surface area contributed by atoms with Crippen LogP contribution in [0.1, 0.15) is 17.7 Å². The maximum Gasteiger partial charge on any atom is 0.326 e. The third kappa shape index (κ3) is 8.05. The minimum Gasteiger partial charge on any atom is -0.481 e. The first kappa shape index (κ1) is 29.2. The number of nitrogens with zero attached hydrogens (tertiary/aromatic N) is 1. The van der Waals surface area contributed by atoms with Gasteiger partial charge < -0.3 is 41.9 Å². The number of carboxylic acids is 2. The molecule has 2 aromatic heterocycles. The first-order chi connectivity index (χ1) is 18.6. The zero-order chi connectivity index (χ0) is 28.5. The summed E-state index contributed by atoms with van der Waals surface area (Å²) < 4.78 is 0. The predicted octanol–water partition coefficient (Wildman–Crippen LogP) is -1.05. The van der Waals surface area contributed by atoms with Crippen LogP contribution in [0.5, 0.6) is 0 Å². The average molecular weight is 560 g/mol. The number of para-hydroxylation sites is 1. The van der Waals surface area contributed by atoms with Gasteiger partial charge in [-0.05, 0) is 11.6 Å². The van der Waals surface area contributed by atoms with Crippen LogP contribution in [-0.4, -0.2) is 84.7 Å². The standard InChI is InChI=1S/C24H29N7O7S/c25-15(6-13-9-26-11-28-13)21(34)31-19(10-39)23(36)29-17(22(35)30-18(24(37)38)7-20(32)33)5-12-8-27-16-4-2-1-3-14(12)16/h1-4,8-9,11,15,17-19,27,39H,5-7,10,25H2,(H,26,28)(H,29,36)(H,30,35)(H,31,34)(H,32,33)(H,37,38). The minimum atomic E-state index is -1.72. The molecule has 2 heterocycles. The van der Waals surface area contributed by atoms with Crippen LogP contribution in [-0.2, 0) is 36.8 Å². The number of benzene rings is 1. The fraction of sp³-hybridized carbons (Fsp3) is 0.333. The first-order valence-corrected chi connectivity index (χ1v) is 12.5. The molecule has 14 nitrogen and oxygen atoms in total. The van der Waals surface area contributed by atoms with Gasteiger partial charge in [0.25, 0.3) is 0 Å². The number of carbonyl (C=O) groups is 5. The maximum atomic E-state index is 13.1. The Morgan fingerprint density at radius 3 is 2.23 bits per heavy atom. The Balaban J connectivity index is 1.77. The van der Waals surface area contributed by atoms with Crippen molar-refractivity contribution in [2.45, 2.75) is 43.4 Å². The van der Waals surface area contributed by atoms with Crippen LogP contribution >= 0.6 is 12.6 Å². The molecule has 0 aliphatic rings. The highest BCUT2D eigenvalue weighted by atomic mass is 32.1. The number of nitrogens with one attached hydrogen (secondary N) is 5. The highest BCUT2D eigenvalue weighted by Gasteiger charge is 2.31. The Hall–Kier alpha value is -4.37. The summed E-state index contributed by atoms with van der Waals surface area (Å²) in [7, 11) is 0. The number of nitrogens with two attached hydrogens (primary N) is 1. The van der Waals surface area contributed by atoms with Gasteiger partial charge >= 0.3 is 11.9 Å². The Morgan fingerprint density at radius 2 is 1.59 bits per heavy atom. The summed E-state index contributed by atoms with van der Waals surface area (Å²) in [5.41, 5.74) is 7.98. The summed E-state index contributed by atoms with van der Waals surface area (Å²) >= 11 is 4.14. The van der Waals surface area contributed by atoms with Crippen molar-refractivity contribution in [3.05, 3.63) is 54.2 Å². The molecule has 0 aliphatic carbocycles. The van der Waals surface area contributed by atoms with Gasteiger partial charge in [0.2, 0.25) is 17.7 Å². The number of carboxylic acid groups (broad SMARTS) is 2. The second-order valence-electron chi connectivity index (χ2n) is 8.75. The van der Waals surface area contributed by atoms with Crippen molar-refractivity contribution < 1.29 is 34.2 Å². The van der Waals surface area contributed by atoms with E-state index in [-0.39, 0.29) is 18.6 Å². The second kappa shape index (κ2) is 13.4. The van der Waals surface area contributed by atoms with E-state index in [1.54, 1.807) is 18.3 Å². The van der Waals surface area contributed by atoms with Crippen molar-refractivity contribution in [2.75, 3.05) is 5.75 Å². The molecule has 0 bridgehead atoms. The molecule has 39 heavy (non-hydrogen) atoms. The van der Waals surface area contributed by atoms with Gasteiger partial charge in [-0.25, -0.2) is 9.78 Å². The molecule has 0 fully saturated rings. The summed E-state index contributed by atoms with van der Waals surface area (Å²) in [5, 5.41) is 26.4. The van der Waals surface area contributed by atoms with Crippen LogP contribution in [0, 0.1) is 0 Å². The van der Waals surface area contributed by atoms with Crippen molar-refractivity contribution in [1.82, 2.24) is 30.9 Å². The van der Waals surface area contributed by atoms with Gasteiger partial charge in [-0.15, -0.1) is 0 Å². The minimum absolute atomic E-state index is 0.0619. The van der Waals surface area contributed by atoms with E-state index in [1.807, 2.05) is 12.1 Å². The van der Waals surface area contributed by atoms with Crippen LogP contribution in [0.2, 0.25) is 0 Å². The lowest BCUT2D eigenvalue weighted by atomic mass is 10.0. The number of amides is 3. The first-order valence-electron chi connectivity index (χ1n) is 11.8. The molecular formula is C24H29N7O7S. The van der Waals surface area contributed by atoms with Gasteiger partial charge in [0, 0.05) is 47.6 Å². The van der Waals surface area contributed by atoms with Crippen molar-refractivity contribution >= 4 is 53.2 Å². The number of imidazole rings is 1. The quantitative estimate of drug-likeness (QED) is 0.109. The van der Waals surface area contributed by atoms with E-state index in [2.05, 4.69) is 43.5 Å². The number of aromatic amines is 2. The fourth-order valence-corrected chi connectivity index (χ4v) is 4.10. The summed E-state index contributed by atoms with van der Waals surface area (Å²) in [6.07, 6.45) is 3.81. The van der Waals surface area contributed by atoms with Gasteiger partial charge in [-0.1, -0.05) is 18.2 Å². The lowest BCUT2D eigenvalue weighted by molar-refractivity contribution is -0.147. The van der Waals surface area contributed by atoms with Gasteiger partial charge in [-0.3, -0.25) is 19.2 Å². The molecule has 1 aromatic carbocycles. The summed E-state index contributed by atoms with van der Waals surface area (Å²) in [6.45, 7) is 0. The normalized spacial score (nSPS) is 14.1. The molecule has 0 aliphatic heterocycles. The third-order valence-electron chi connectivity index (χ3n) is 5.87. The van der Waals surface area contributed by atoms with E-state index in [1.165, 1.54) is 12.5 Å². The fourth-order valence-electron chi connectivity index (χ4n) is 3.85. The van der Waals surface area contributed by atoms with Crippen LogP contribution in [0.15, 0.2) is 43.0 Å². The molecule has 3 amide bonds. The molecule has 3 rings (SSSR count). The number of carbonyl (C=O) groups excluding carboxylic acids is 3. The molecule has 9 N–H and O–H groups in total. The highest BCUT2D eigenvalue weighted by Crippen LogP contribution is 2.19. The number of fused-ring (bicyclic) bond motifs is 1. The zero-order valence-electron chi connectivity index (χ0n) is 20.6. The smallest absolute Gasteiger partial charge is 0.326 e. The molecule has 0 radical (unpaired) electrons. The summed E-state index contributed by atoms with van der Waals surface area (Å²) in [4.78, 5) is 71.2. The topological polar surface area (TPSA) is 232 Å². The van der Waals surface area contributed by atoms with Crippen molar-refractivity contribution in [2.24, 2.45) is 5.73 Å². The highest BCUT2D eigenvalue weighted by molar-refractivity contribution is 7.80. The Bertz CT molecular complexity index is 1330. The Morgan fingerprint density at radius 1 is 0.923 bits per heavy atom. The van der Waals surface area contributed by atoms with E-state index in [0.29, 0.717) is 11.3 Å². The van der Waals surface area contributed by atoms with Gasteiger partial charge in [0.05, 0.1) is 18.8 Å². The lowest BCUT2D eigenvalue weighted by Crippen LogP contribution is -2.58. The predicted molar refractivity (Wildman–Crippen MR) is 142 cm³/mol. The SMILES string of the molecule is NC(Cc1cnc[nH]1)C(=O)NC(CS)C(=O)NC(Cc1c[nH]c2ccccc12)C(=O)NC(CC(=O)O)C(=O)O. The number of aromatic nitrogens is 3. The Kier molecular flexibility index (Phi) is 10.1. The van der Waals surface area contributed by atoms with Crippen LogP contribution < -0.4 is 21.7 Å². The molecule has 0 saturated heterocycles. The Labute approximate surface area is 227 Å². The number of H-pyrrole nitrogens is 2. The molecule has 15 heteroatoms. The number of thiol groups is 1. The molecule has 4 unspecified atom stereocenters. The average Bonchev–Trinajstić information content (AvgIpc) is 3.55. The number of aliphatic carboxylic acids is 2. The van der Waals surface area contributed by atoms with Crippen LogP contribution in [0.3, 0.4) is 0 Å². The van der Waals surface area contributed by atoms with Crippen LogP contribution in [0.25, 0.3) is 10.9 Å². The largest absolute Gasteiger partial charge is 0.481 e. The third-order valence-corrected chi connectivity index (χ3v) is 6.24. The monoisotopic (exact) mass is 559 g/mol. The van der Waals surface area contributed by atoms with E-state index in [9.17, 15) is 29.1 Å². The number of rotatable bonds is 14. The van der Waals surface area contributed by atoms with Crippen molar-refractivity contribution in [3.8, 4) is 0 Å². The van der Waals surface area contributed by atoms with Gasteiger partial charge in [-0.2, -0.15) is 12.6 Å². The van der Waals surface area contributed by atoms with Crippen LogP contribution in [0.4, 0.5) is 0 Å². The molecule has 4 atom stereocenters. The molecular weight excluding hydrogens is 530 g/mol. The van der Waals surface area contributed by atoms with E-state index in [0.717, 1.165) is 10.9 Å². The van der Waals surface area contributed by atoms with Gasteiger partial charge in [0.1, 0.15) is 18.1 Å². The van der Waals surface area contributed by atoms with Gasteiger partial charge in [0.15, 0.2) is 0 Å². The van der Waals surface area contributed by atoms with Crippen molar-refractivity contribution in [1.29, 1.82) is 0 Å². The second-order valence-corrected chi connectivity index (χ2v) is 9.12. The lowest BCUT2D eigenvalue weighted by Gasteiger charge is -2.24.